The molecule has 0 spiro atoms. The standard InChI is InChI=1S/C19H21F3N4O2/c1-2-16(13-4-3-5-15(12-13)28-19(20,21)22)18-25-17(6-9-26(18)23)24-14-7-10-27-11-8-14/h2-6,9,12,14H,1,7-8,10-11,23H2,(H,24,25)/b18-16+. The number of allylic oxidation sites excluding steroid dienone is 2. The Morgan fingerprint density at radius 2 is 2.11 bits per heavy atom. The quantitative estimate of drug-likeness (QED) is 0.767. The number of nitrogens with one attached hydrogen (secondary N) is 1. The fourth-order valence-electron chi connectivity index (χ4n) is 2.96. The van der Waals surface area contributed by atoms with Gasteiger partial charge in [-0.15, -0.1) is 13.2 Å². The lowest BCUT2D eigenvalue weighted by Gasteiger charge is -2.28. The summed E-state index contributed by atoms with van der Waals surface area (Å²) in [7, 11) is 0. The summed E-state index contributed by atoms with van der Waals surface area (Å²) in [5, 5.41) is 4.47. The van der Waals surface area contributed by atoms with Gasteiger partial charge in [-0.05, 0) is 36.6 Å². The predicted octanol–water partition coefficient (Wildman–Crippen LogP) is 3.31. The Hall–Kier alpha value is -2.78. The van der Waals surface area contributed by atoms with Crippen molar-refractivity contribution in [3.05, 3.63) is 60.6 Å². The lowest BCUT2D eigenvalue weighted by molar-refractivity contribution is -0.274. The molecule has 0 aliphatic carbocycles. The lowest BCUT2D eigenvalue weighted by atomic mass is 10.0. The van der Waals surface area contributed by atoms with E-state index in [2.05, 4.69) is 21.6 Å². The van der Waals surface area contributed by atoms with Crippen LogP contribution in [0.25, 0.3) is 5.57 Å². The minimum absolute atomic E-state index is 0.141. The number of benzene rings is 1. The normalized spacial score (nSPS) is 21.4. The van der Waals surface area contributed by atoms with Gasteiger partial charge in [0.1, 0.15) is 17.4 Å². The van der Waals surface area contributed by atoms with Crippen LogP contribution in [-0.4, -0.2) is 36.5 Å². The fraction of sp³-hybridized carbons (Fsp3) is 0.316. The molecule has 3 N–H and O–H groups in total. The second-order valence-electron chi connectivity index (χ2n) is 6.25. The molecule has 0 radical (unpaired) electrons. The van der Waals surface area contributed by atoms with Crippen LogP contribution in [0.4, 0.5) is 13.2 Å². The van der Waals surface area contributed by atoms with Crippen molar-refractivity contribution < 1.29 is 22.6 Å². The largest absolute Gasteiger partial charge is 0.573 e. The highest BCUT2D eigenvalue weighted by Gasteiger charge is 2.31. The first kappa shape index (κ1) is 20.0. The van der Waals surface area contributed by atoms with Gasteiger partial charge >= 0.3 is 6.36 Å². The number of hydrogen-bond acceptors (Lipinski definition) is 5. The van der Waals surface area contributed by atoms with Crippen molar-refractivity contribution in [2.24, 2.45) is 10.8 Å². The first-order valence-electron chi connectivity index (χ1n) is 8.73. The smallest absolute Gasteiger partial charge is 0.406 e. The number of nitrogens with two attached hydrogens (primary N) is 1. The van der Waals surface area contributed by atoms with E-state index in [0.29, 0.717) is 36.0 Å². The molecule has 150 valence electrons. The molecule has 0 unspecified atom stereocenters. The highest BCUT2D eigenvalue weighted by molar-refractivity contribution is 5.97. The monoisotopic (exact) mass is 394 g/mol. The van der Waals surface area contributed by atoms with E-state index in [4.69, 9.17) is 10.6 Å². The van der Waals surface area contributed by atoms with Gasteiger partial charge in [-0.25, -0.2) is 5.84 Å². The minimum Gasteiger partial charge on any atom is -0.406 e. The molecule has 28 heavy (non-hydrogen) atoms. The van der Waals surface area contributed by atoms with Crippen molar-refractivity contribution in [3.63, 3.8) is 0 Å². The van der Waals surface area contributed by atoms with E-state index in [9.17, 15) is 13.2 Å². The van der Waals surface area contributed by atoms with Crippen LogP contribution in [0.15, 0.2) is 60.0 Å². The van der Waals surface area contributed by atoms with Crippen LogP contribution < -0.4 is 15.9 Å². The third-order valence-electron chi connectivity index (χ3n) is 4.25. The van der Waals surface area contributed by atoms with Crippen LogP contribution in [0.1, 0.15) is 18.4 Å². The molecule has 0 saturated carbocycles. The molecular weight excluding hydrogens is 373 g/mol. The summed E-state index contributed by atoms with van der Waals surface area (Å²) in [5.41, 5.74) is 0.981. The van der Waals surface area contributed by atoms with Gasteiger partial charge in [0.05, 0.1) is 6.04 Å². The second kappa shape index (κ2) is 8.49. The Morgan fingerprint density at radius 1 is 1.36 bits per heavy atom. The van der Waals surface area contributed by atoms with Crippen LogP contribution in [-0.2, 0) is 4.74 Å². The molecule has 6 nitrogen and oxygen atoms in total. The predicted molar refractivity (Wildman–Crippen MR) is 99.8 cm³/mol. The average molecular weight is 394 g/mol. The zero-order valence-corrected chi connectivity index (χ0v) is 15.1. The van der Waals surface area contributed by atoms with E-state index < -0.39 is 6.36 Å². The highest BCUT2D eigenvalue weighted by atomic mass is 19.4. The van der Waals surface area contributed by atoms with Gasteiger partial charge in [0, 0.05) is 25.0 Å². The summed E-state index contributed by atoms with van der Waals surface area (Å²) in [5.74, 6) is 6.76. The second-order valence-corrected chi connectivity index (χ2v) is 6.25. The Morgan fingerprint density at radius 3 is 2.79 bits per heavy atom. The van der Waals surface area contributed by atoms with Crippen LogP contribution in [0.2, 0.25) is 0 Å². The molecule has 0 bridgehead atoms. The number of hydrogen-bond donors (Lipinski definition) is 2. The number of alkyl halides is 3. The van der Waals surface area contributed by atoms with E-state index in [-0.39, 0.29) is 11.8 Å². The Kier molecular flexibility index (Phi) is 6.05. The van der Waals surface area contributed by atoms with Crippen molar-refractivity contribution in [1.29, 1.82) is 0 Å². The highest BCUT2D eigenvalue weighted by Crippen LogP contribution is 2.28. The van der Waals surface area contributed by atoms with Gasteiger partial charge in [-0.3, -0.25) is 10.0 Å². The maximum absolute atomic E-state index is 12.5. The molecule has 0 aromatic heterocycles. The molecule has 1 fully saturated rings. The third kappa shape index (κ3) is 5.14. The van der Waals surface area contributed by atoms with Crippen LogP contribution in [0, 0.1) is 0 Å². The number of aliphatic imine (C=N–C) groups is 1. The molecular formula is C19H21F3N4O2. The molecule has 1 aromatic rings. The van der Waals surface area contributed by atoms with E-state index in [1.807, 2.05) is 0 Å². The summed E-state index contributed by atoms with van der Waals surface area (Å²) in [4.78, 5) is 4.67. The maximum atomic E-state index is 12.5. The van der Waals surface area contributed by atoms with Crippen molar-refractivity contribution in [2.45, 2.75) is 25.2 Å². The first-order chi connectivity index (χ1) is 13.4. The number of amidine groups is 1. The Labute approximate surface area is 160 Å². The van der Waals surface area contributed by atoms with E-state index in [1.54, 1.807) is 18.3 Å². The molecule has 1 aromatic carbocycles. The van der Waals surface area contributed by atoms with E-state index >= 15 is 0 Å². The molecule has 2 aliphatic heterocycles. The number of halogens is 3. The van der Waals surface area contributed by atoms with Crippen molar-refractivity contribution in [3.8, 4) is 5.75 Å². The SMILES string of the molecule is C=C/C(=C1/NC(=NC2CCOCC2)C=CN1N)c1cccc(OC(F)(F)F)c1. The number of rotatable bonds is 4. The molecule has 0 amide bonds. The summed E-state index contributed by atoms with van der Waals surface area (Å²) < 4.78 is 46.9. The Balaban J connectivity index is 1.90. The van der Waals surface area contributed by atoms with Crippen molar-refractivity contribution in [1.82, 2.24) is 10.3 Å². The maximum Gasteiger partial charge on any atom is 0.573 e. The van der Waals surface area contributed by atoms with Crippen molar-refractivity contribution in [2.75, 3.05) is 13.2 Å². The van der Waals surface area contributed by atoms with E-state index in [0.717, 1.165) is 12.8 Å². The van der Waals surface area contributed by atoms with Crippen LogP contribution in [0.5, 0.6) is 5.75 Å². The van der Waals surface area contributed by atoms with Gasteiger partial charge in [-0.2, -0.15) is 0 Å². The summed E-state index contributed by atoms with van der Waals surface area (Å²) in [6.07, 6.45) is 1.77. The van der Waals surface area contributed by atoms with Crippen LogP contribution in [0.3, 0.4) is 0 Å². The van der Waals surface area contributed by atoms with Crippen LogP contribution >= 0.6 is 0 Å². The zero-order chi connectivity index (χ0) is 20.1. The molecule has 0 atom stereocenters. The molecule has 1 saturated heterocycles. The molecule has 3 rings (SSSR count). The van der Waals surface area contributed by atoms with Gasteiger partial charge < -0.3 is 14.8 Å². The molecule has 2 aliphatic rings. The fourth-order valence-corrected chi connectivity index (χ4v) is 2.96. The minimum atomic E-state index is -4.77. The average Bonchev–Trinajstić information content (AvgIpc) is 2.65. The third-order valence-corrected chi connectivity index (χ3v) is 4.25. The van der Waals surface area contributed by atoms with Crippen molar-refractivity contribution >= 4 is 11.4 Å². The zero-order valence-electron chi connectivity index (χ0n) is 15.1. The topological polar surface area (TPSA) is 72.1 Å². The van der Waals surface area contributed by atoms with Gasteiger partial charge in [0.2, 0.25) is 0 Å². The number of ether oxygens (including phenoxy) is 2. The number of nitrogens with zero attached hydrogens (tertiary/aromatic N) is 2. The van der Waals surface area contributed by atoms with Gasteiger partial charge in [0.15, 0.2) is 0 Å². The first-order valence-corrected chi connectivity index (χ1v) is 8.73. The summed E-state index contributed by atoms with van der Waals surface area (Å²) in [6, 6.07) is 5.77. The van der Waals surface area contributed by atoms with E-state index in [1.165, 1.54) is 29.3 Å². The molecule has 9 heteroatoms. The van der Waals surface area contributed by atoms with Gasteiger partial charge in [-0.1, -0.05) is 24.8 Å². The van der Waals surface area contributed by atoms with Gasteiger partial charge in [0.25, 0.3) is 0 Å². The molecule has 2 heterocycles. The lowest BCUT2D eigenvalue weighted by Crippen LogP contribution is -2.41. The summed E-state index contributed by atoms with van der Waals surface area (Å²) >= 11 is 0. The Bertz CT molecular complexity index is 812. The summed E-state index contributed by atoms with van der Waals surface area (Å²) in [6.45, 7) is 5.10. The number of hydrazine groups is 1.